The van der Waals surface area contributed by atoms with Gasteiger partial charge in [0.05, 0.1) is 0 Å². The van der Waals surface area contributed by atoms with Crippen molar-refractivity contribution in [3.05, 3.63) is 33.4 Å². The zero-order valence-electron chi connectivity index (χ0n) is 14.2. The lowest BCUT2D eigenvalue weighted by atomic mass is 9.49. The first kappa shape index (κ1) is 17.3. The van der Waals surface area contributed by atoms with E-state index < -0.39 is 12.0 Å². The minimum Gasteiger partial charge on any atom is -0.480 e. The minimum atomic E-state index is -0.948. The Balaban J connectivity index is 1.47. The highest BCUT2D eigenvalue weighted by Crippen LogP contribution is 2.60. The van der Waals surface area contributed by atoms with E-state index in [2.05, 4.69) is 27.9 Å². The van der Waals surface area contributed by atoms with E-state index in [4.69, 9.17) is 0 Å². The van der Waals surface area contributed by atoms with Crippen molar-refractivity contribution in [3.63, 3.8) is 0 Å². The van der Waals surface area contributed by atoms with E-state index in [0.29, 0.717) is 24.2 Å². The van der Waals surface area contributed by atoms with Crippen LogP contribution in [0.3, 0.4) is 0 Å². The van der Waals surface area contributed by atoms with Crippen molar-refractivity contribution >= 4 is 34.5 Å². The molecule has 4 saturated carbocycles. The highest BCUT2D eigenvalue weighted by molar-refractivity contribution is 14.1. The van der Waals surface area contributed by atoms with Gasteiger partial charge in [-0.1, -0.05) is 12.1 Å². The van der Waals surface area contributed by atoms with Crippen molar-refractivity contribution in [3.8, 4) is 0 Å². The first-order valence-electron chi connectivity index (χ1n) is 9.22. The van der Waals surface area contributed by atoms with Crippen LogP contribution in [-0.2, 0) is 16.0 Å². The van der Waals surface area contributed by atoms with Gasteiger partial charge >= 0.3 is 5.97 Å². The second kappa shape index (κ2) is 6.56. The number of halogens is 1. The van der Waals surface area contributed by atoms with Gasteiger partial charge in [-0.3, -0.25) is 4.79 Å². The molecule has 0 aliphatic heterocycles. The molecule has 4 aliphatic rings. The van der Waals surface area contributed by atoms with Gasteiger partial charge in [-0.05, 0) is 96.6 Å². The molecule has 4 fully saturated rings. The summed E-state index contributed by atoms with van der Waals surface area (Å²) in [6.07, 6.45) is 7.04. The first-order valence-corrected chi connectivity index (χ1v) is 10.3. The molecule has 0 heterocycles. The fraction of sp³-hybridized carbons (Fsp3) is 0.600. The molecular formula is C20H24INO3. The molecule has 0 aromatic heterocycles. The quantitative estimate of drug-likeness (QED) is 0.670. The number of carboxylic acid groups (broad SMARTS) is 1. The number of nitrogens with one attached hydrogen (secondary N) is 1. The molecule has 1 aromatic carbocycles. The molecule has 4 nitrogen and oxygen atoms in total. The lowest BCUT2D eigenvalue weighted by Crippen LogP contribution is -2.56. The van der Waals surface area contributed by atoms with Gasteiger partial charge in [-0.2, -0.15) is 0 Å². The number of rotatable bonds is 5. The highest BCUT2D eigenvalue weighted by atomic mass is 127. The third-order valence-electron chi connectivity index (χ3n) is 6.48. The van der Waals surface area contributed by atoms with Crippen LogP contribution < -0.4 is 5.32 Å². The van der Waals surface area contributed by atoms with Gasteiger partial charge in [0.15, 0.2) is 0 Å². The standard InChI is InChI=1S/C20H24INO3/c21-16-3-1-12(2-4-16)8-17(18(23)24)22-19(25)20-9-13-5-14(10-20)7-15(6-13)11-20/h1-4,13-15,17H,5-11H2,(H,22,25)(H,23,24)/t13?,14?,15?,17-,20?/m0/s1. The van der Waals surface area contributed by atoms with Gasteiger partial charge < -0.3 is 10.4 Å². The predicted molar refractivity (Wildman–Crippen MR) is 103 cm³/mol. The largest absolute Gasteiger partial charge is 0.480 e. The zero-order chi connectivity index (χ0) is 17.6. The van der Waals surface area contributed by atoms with E-state index in [1.165, 1.54) is 19.3 Å². The number of hydrogen-bond acceptors (Lipinski definition) is 2. The fourth-order valence-electron chi connectivity index (χ4n) is 5.76. The molecule has 5 rings (SSSR count). The average Bonchev–Trinajstić information content (AvgIpc) is 2.54. The van der Waals surface area contributed by atoms with Gasteiger partial charge in [0.2, 0.25) is 5.91 Å². The summed E-state index contributed by atoms with van der Waals surface area (Å²) in [6, 6.07) is 6.97. The topological polar surface area (TPSA) is 66.4 Å². The Kier molecular flexibility index (Phi) is 4.54. The molecule has 4 aliphatic carbocycles. The SMILES string of the molecule is O=C(O)[C@H](Cc1ccc(I)cc1)NC(=O)C12CC3CC(CC(C3)C1)C2. The second-order valence-electron chi connectivity index (χ2n) is 8.39. The molecule has 134 valence electrons. The van der Waals surface area contributed by atoms with Gasteiger partial charge in [0.25, 0.3) is 0 Å². The molecule has 4 bridgehead atoms. The van der Waals surface area contributed by atoms with Gasteiger partial charge in [0, 0.05) is 15.4 Å². The second-order valence-corrected chi connectivity index (χ2v) is 9.64. The third kappa shape index (κ3) is 3.44. The normalized spacial score (nSPS) is 33.9. The Hall–Kier alpha value is -1.11. The van der Waals surface area contributed by atoms with Crippen LogP contribution in [0, 0.1) is 26.7 Å². The van der Waals surface area contributed by atoms with E-state index >= 15 is 0 Å². The van der Waals surface area contributed by atoms with Crippen LogP contribution in [0.25, 0.3) is 0 Å². The lowest BCUT2D eigenvalue weighted by Gasteiger charge is -2.55. The molecule has 0 saturated heterocycles. The van der Waals surface area contributed by atoms with Crippen molar-refractivity contribution in [2.24, 2.45) is 23.2 Å². The fourth-order valence-corrected chi connectivity index (χ4v) is 6.12. The Labute approximate surface area is 161 Å². The number of hydrogen-bond donors (Lipinski definition) is 2. The summed E-state index contributed by atoms with van der Waals surface area (Å²) in [5, 5.41) is 12.5. The lowest BCUT2D eigenvalue weighted by molar-refractivity contribution is -0.151. The number of carboxylic acids is 1. The maximum Gasteiger partial charge on any atom is 0.326 e. The Bertz CT molecular complexity index is 649. The predicted octanol–water partition coefficient (Wildman–Crippen LogP) is 3.62. The minimum absolute atomic E-state index is 0.00971. The molecule has 1 atom stereocenters. The smallest absolute Gasteiger partial charge is 0.326 e. The van der Waals surface area contributed by atoms with E-state index in [1.54, 1.807) is 0 Å². The summed E-state index contributed by atoms with van der Waals surface area (Å²) in [5.41, 5.74) is 0.646. The Morgan fingerprint density at radius 1 is 1.08 bits per heavy atom. The molecule has 0 radical (unpaired) electrons. The Morgan fingerprint density at radius 2 is 1.60 bits per heavy atom. The van der Waals surface area contributed by atoms with Crippen LogP contribution in [0.1, 0.15) is 44.1 Å². The molecule has 1 aromatic rings. The summed E-state index contributed by atoms with van der Waals surface area (Å²) < 4.78 is 1.12. The van der Waals surface area contributed by atoms with Crippen molar-refractivity contribution < 1.29 is 14.7 Å². The van der Waals surface area contributed by atoms with Crippen molar-refractivity contribution in [1.82, 2.24) is 5.32 Å². The number of carbonyl (C=O) groups is 2. The molecule has 25 heavy (non-hydrogen) atoms. The summed E-state index contributed by atoms with van der Waals surface area (Å²) in [4.78, 5) is 24.8. The van der Waals surface area contributed by atoms with Crippen molar-refractivity contribution in [2.75, 3.05) is 0 Å². The van der Waals surface area contributed by atoms with E-state index in [9.17, 15) is 14.7 Å². The van der Waals surface area contributed by atoms with Crippen LogP contribution in [0.2, 0.25) is 0 Å². The van der Waals surface area contributed by atoms with E-state index in [1.807, 2.05) is 24.3 Å². The number of carbonyl (C=O) groups excluding carboxylic acids is 1. The molecule has 0 unspecified atom stereocenters. The van der Waals surface area contributed by atoms with Crippen LogP contribution in [0.5, 0.6) is 0 Å². The molecule has 0 spiro atoms. The number of benzene rings is 1. The van der Waals surface area contributed by atoms with E-state index in [0.717, 1.165) is 28.4 Å². The maximum atomic E-state index is 13.1. The third-order valence-corrected chi connectivity index (χ3v) is 7.20. The van der Waals surface area contributed by atoms with Gasteiger partial charge in [-0.15, -0.1) is 0 Å². The Morgan fingerprint density at radius 3 is 2.08 bits per heavy atom. The summed E-state index contributed by atoms with van der Waals surface area (Å²) in [7, 11) is 0. The number of amides is 1. The molecule has 5 heteroatoms. The monoisotopic (exact) mass is 453 g/mol. The summed E-state index contributed by atoms with van der Waals surface area (Å²) in [6.45, 7) is 0. The van der Waals surface area contributed by atoms with Crippen molar-refractivity contribution in [2.45, 2.75) is 51.0 Å². The summed E-state index contributed by atoms with van der Waals surface area (Å²) in [5.74, 6) is 1.07. The zero-order valence-corrected chi connectivity index (χ0v) is 16.4. The van der Waals surface area contributed by atoms with Crippen LogP contribution in [0.15, 0.2) is 24.3 Å². The van der Waals surface area contributed by atoms with Gasteiger partial charge in [-0.25, -0.2) is 4.79 Å². The maximum absolute atomic E-state index is 13.1. The molecular weight excluding hydrogens is 429 g/mol. The van der Waals surface area contributed by atoms with Gasteiger partial charge in [0.1, 0.15) is 6.04 Å². The highest BCUT2D eigenvalue weighted by Gasteiger charge is 2.54. The first-order chi connectivity index (χ1) is 11.9. The van der Waals surface area contributed by atoms with Crippen LogP contribution in [0.4, 0.5) is 0 Å². The average molecular weight is 453 g/mol. The molecule has 1 amide bonds. The molecule has 2 N–H and O–H groups in total. The van der Waals surface area contributed by atoms with Crippen molar-refractivity contribution in [1.29, 1.82) is 0 Å². The summed E-state index contributed by atoms with van der Waals surface area (Å²) >= 11 is 2.23. The van der Waals surface area contributed by atoms with E-state index in [-0.39, 0.29) is 11.3 Å². The van der Waals surface area contributed by atoms with Crippen LogP contribution >= 0.6 is 22.6 Å². The van der Waals surface area contributed by atoms with Crippen LogP contribution in [-0.4, -0.2) is 23.0 Å². The number of aliphatic carboxylic acids is 1.